The van der Waals surface area contributed by atoms with Crippen molar-refractivity contribution >= 4 is 34.8 Å². The third kappa shape index (κ3) is 4.18. The van der Waals surface area contributed by atoms with E-state index in [0.29, 0.717) is 0 Å². The topological polar surface area (TPSA) is 61.7 Å². The maximum atomic E-state index is 13.2. The summed E-state index contributed by atoms with van der Waals surface area (Å²) >= 11 is 11.3. The van der Waals surface area contributed by atoms with Gasteiger partial charge in [-0.1, -0.05) is 41.4 Å². The van der Waals surface area contributed by atoms with Gasteiger partial charge in [-0.3, -0.25) is 4.79 Å². The van der Waals surface area contributed by atoms with E-state index in [1.165, 1.54) is 12.1 Å². The smallest absolute Gasteiger partial charge is 0.435 e. The van der Waals surface area contributed by atoms with Crippen LogP contribution in [0.15, 0.2) is 47.6 Å². The number of carbonyl (C=O) groups excluding carboxylic acids is 1. The second kappa shape index (κ2) is 7.11. The van der Waals surface area contributed by atoms with Crippen molar-refractivity contribution in [2.24, 2.45) is 5.10 Å². The third-order valence-corrected chi connectivity index (χ3v) is 3.36. The van der Waals surface area contributed by atoms with Gasteiger partial charge in [-0.2, -0.15) is 18.3 Å². The number of rotatable bonds is 3. The molecule has 1 amide bonds. The molecule has 0 heterocycles. The zero-order chi connectivity index (χ0) is 17.9. The maximum Gasteiger partial charge on any atom is 0.435 e. The van der Waals surface area contributed by atoms with Crippen molar-refractivity contribution in [3.05, 3.63) is 63.6 Å². The molecule has 0 aromatic heterocycles. The van der Waals surface area contributed by atoms with Crippen molar-refractivity contribution in [3.63, 3.8) is 0 Å². The summed E-state index contributed by atoms with van der Waals surface area (Å²) in [7, 11) is 0. The molecule has 0 spiro atoms. The molecule has 0 fully saturated rings. The minimum absolute atomic E-state index is 0.121. The third-order valence-electron chi connectivity index (χ3n) is 2.86. The molecule has 0 aliphatic carbocycles. The minimum Gasteiger partial charge on any atom is -0.506 e. The normalized spacial score (nSPS) is 12.1. The number of phenolic OH excluding ortho intramolecular Hbond substituents is 1. The van der Waals surface area contributed by atoms with Gasteiger partial charge in [0.05, 0.1) is 10.6 Å². The van der Waals surface area contributed by atoms with Crippen molar-refractivity contribution in [1.82, 2.24) is 5.43 Å². The van der Waals surface area contributed by atoms with E-state index < -0.39 is 29.1 Å². The van der Waals surface area contributed by atoms with Gasteiger partial charge < -0.3 is 5.11 Å². The van der Waals surface area contributed by atoms with Gasteiger partial charge in [-0.15, -0.1) is 0 Å². The molecule has 2 aromatic rings. The fourth-order valence-corrected chi connectivity index (χ4v) is 2.28. The van der Waals surface area contributed by atoms with Crippen molar-refractivity contribution < 1.29 is 23.1 Å². The monoisotopic (exact) mass is 376 g/mol. The summed E-state index contributed by atoms with van der Waals surface area (Å²) in [6.45, 7) is 0. The molecular formula is C15H9Cl2F3N2O2. The molecular weight excluding hydrogens is 368 g/mol. The Kier molecular flexibility index (Phi) is 5.36. The average Bonchev–Trinajstić information content (AvgIpc) is 2.51. The number of hydrazone groups is 1. The summed E-state index contributed by atoms with van der Waals surface area (Å²) < 4.78 is 39.7. The van der Waals surface area contributed by atoms with Crippen molar-refractivity contribution in [2.75, 3.05) is 0 Å². The van der Waals surface area contributed by atoms with Gasteiger partial charge >= 0.3 is 6.18 Å². The summed E-state index contributed by atoms with van der Waals surface area (Å²) in [4.78, 5) is 11.8. The van der Waals surface area contributed by atoms with E-state index in [9.17, 15) is 23.1 Å². The lowest BCUT2D eigenvalue weighted by atomic mass is 10.1. The second-order valence-corrected chi connectivity index (χ2v) is 5.39. The van der Waals surface area contributed by atoms with Crippen LogP contribution in [-0.2, 0) is 0 Å². The van der Waals surface area contributed by atoms with Crippen LogP contribution >= 0.6 is 23.2 Å². The highest BCUT2D eigenvalue weighted by Crippen LogP contribution is 2.35. The number of amides is 1. The van der Waals surface area contributed by atoms with E-state index in [0.717, 1.165) is 12.1 Å². The number of nitrogens with zero attached hydrogens (tertiary/aromatic N) is 1. The Hall–Kier alpha value is -2.25. The van der Waals surface area contributed by atoms with E-state index in [4.69, 9.17) is 23.2 Å². The molecule has 2 rings (SSSR count). The minimum atomic E-state index is -4.96. The zero-order valence-electron chi connectivity index (χ0n) is 11.7. The molecule has 0 atom stereocenters. The molecule has 0 unspecified atom stereocenters. The van der Waals surface area contributed by atoms with Crippen LogP contribution in [0.5, 0.6) is 5.75 Å². The van der Waals surface area contributed by atoms with Crippen molar-refractivity contribution in [3.8, 4) is 5.75 Å². The molecule has 0 bridgehead atoms. The number of aromatic hydroxyl groups is 1. The van der Waals surface area contributed by atoms with E-state index in [1.807, 2.05) is 0 Å². The molecule has 0 radical (unpaired) electrons. The SMILES string of the molecule is O=C(NN=C(c1cc(Cl)cc(Cl)c1O)C(F)(F)F)c1ccccc1. The maximum absolute atomic E-state index is 13.2. The Morgan fingerprint density at radius 1 is 1.12 bits per heavy atom. The highest BCUT2D eigenvalue weighted by atomic mass is 35.5. The molecule has 2 N–H and O–H groups in total. The molecule has 2 aromatic carbocycles. The first-order valence-electron chi connectivity index (χ1n) is 6.39. The van der Waals surface area contributed by atoms with Crippen LogP contribution in [0.3, 0.4) is 0 Å². The molecule has 4 nitrogen and oxygen atoms in total. The first-order valence-corrected chi connectivity index (χ1v) is 7.14. The lowest BCUT2D eigenvalue weighted by Crippen LogP contribution is -2.29. The van der Waals surface area contributed by atoms with E-state index in [1.54, 1.807) is 23.6 Å². The van der Waals surface area contributed by atoms with Gasteiger partial charge in [-0.05, 0) is 24.3 Å². The van der Waals surface area contributed by atoms with E-state index in [-0.39, 0.29) is 15.6 Å². The number of carbonyl (C=O) groups is 1. The first-order chi connectivity index (χ1) is 11.2. The second-order valence-electron chi connectivity index (χ2n) is 4.55. The van der Waals surface area contributed by atoms with Crippen LogP contribution in [-0.4, -0.2) is 22.9 Å². The standard InChI is InChI=1S/C15H9Cl2F3N2O2/c16-9-6-10(12(23)11(17)7-9)13(15(18,19)20)21-22-14(24)8-4-2-1-3-5-8/h1-7,23H,(H,22,24). The predicted molar refractivity (Wildman–Crippen MR) is 84.6 cm³/mol. The lowest BCUT2D eigenvalue weighted by Gasteiger charge is -2.13. The van der Waals surface area contributed by atoms with Gasteiger partial charge in [0.25, 0.3) is 5.91 Å². The van der Waals surface area contributed by atoms with Crippen molar-refractivity contribution in [2.45, 2.75) is 6.18 Å². The molecule has 0 aliphatic heterocycles. The number of halogens is 5. The molecule has 0 aliphatic rings. The van der Waals surface area contributed by atoms with Gasteiger partial charge in [0, 0.05) is 10.6 Å². The summed E-state index contributed by atoms with van der Waals surface area (Å²) in [6.07, 6.45) is -4.96. The first kappa shape index (κ1) is 18.1. The Morgan fingerprint density at radius 2 is 1.75 bits per heavy atom. The summed E-state index contributed by atoms with van der Waals surface area (Å²) in [5, 5.41) is 12.4. The average molecular weight is 377 g/mol. The van der Waals surface area contributed by atoms with Crippen LogP contribution < -0.4 is 5.43 Å². The van der Waals surface area contributed by atoms with Crippen LogP contribution in [0.25, 0.3) is 0 Å². The van der Waals surface area contributed by atoms with Crippen LogP contribution in [0.4, 0.5) is 13.2 Å². The summed E-state index contributed by atoms with van der Waals surface area (Å²) in [5.41, 5.74) is -0.353. The van der Waals surface area contributed by atoms with E-state index in [2.05, 4.69) is 5.10 Å². The molecule has 0 saturated heterocycles. The predicted octanol–water partition coefficient (Wildman–Crippen LogP) is 4.40. The number of alkyl halides is 3. The molecule has 126 valence electrons. The van der Waals surface area contributed by atoms with Gasteiger partial charge in [0.2, 0.25) is 0 Å². The summed E-state index contributed by atoms with van der Waals surface area (Å²) in [5.74, 6) is -1.68. The highest BCUT2D eigenvalue weighted by molar-refractivity contribution is 6.36. The fraction of sp³-hybridized carbons (Fsp3) is 0.0667. The molecule has 24 heavy (non-hydrogen) atoms. The zero-order valence-corrected chi connectivity index (χ0v) is 13.2. The van der Waals surface area contributed by atoms with Crippen LogP contribution in [0.1, 0.15) is 15.9 Å². The Labute approximate surface area is 144 Å². The van der Waals surface area contributed by atoms with Gasteiger partial charge in [-0.25, -0.2) is 5.43 Å². The highest BCUT2D eigenvalue weighted by Gasteiger charge is 2.39. The lowest BCUT2D eigenvalue weighted by molar-refractivity contribution is -0.0584. The quantitative estimate of drug-likeness (QED) is 0.616. The number of benzene rings is 2. The number of phenols is 1. The largest absolute Gasteiger partial charge is 0.506 e. The van der Waals surface area contributed by atoms with Crippen molar-refractivity contribution in [1.29, 1.82) is 0 Å². The molecule has 0 saturated carbocycles. The van der Waals surface area contributed by atoms with Gasteiger partial charge in [0.1, 0.15) is 5.75 Å². The van der Waals surface area contributed by atoms with Crippen LogP contribution in [0, 0.1) is 0 Å². The molecule has 9 heteroatoms. The number of nitrogens with one attached hydrogen (secondary N) is 1. The Bertz CT molecular complexity index is 793. The van der Waals surface area contributed by atoms with Crippen LogP contribution in [0.2, 0.25) is 10.0 Å². The summed E-state index contributed by atoms with van der Waals surface area (Å²) in [6, 6.07) is 9.49. The number of hydrogen-bond donors (Lipinski definition) is 2. The number of hydrogen-bond acceptors (Lipinski definition) is 3. The Morgan fingerprint density at radius 3 is 2.33 bits per heavy atom. The Balaban J connectivity index is 2.42. The van der Waals surface area contributed by atoms with E-state index >= 15 is 0 Å². The fourth-order valence-electron chi connectivity index (χ4n) is 1.78. The van der Waals surface area contributed by atoms with Gasteiger partial charge in [0.15, 0.2) is 5.71 Å².